The largest absolute Gasteiger partial charge is 0.493 e. The van der Waals surface area contributed by atoms with Crippen molar-refractivity contribution in [2.75, 3.05) is 13.2 Å². The van der Waals surface area contributed by atoms with Crippen molar-refractivity contribution < 1.29 is 14.6 Å². The molecule has 112 valence electrons. The number of hydrogen-bond acceptors (Lipinski definition) is 3. The first kappa shape index (κ1) is 15.6. The lowest BCUT2D eigenvalue weighted by molar-refractivity contribution is -0.110. The predicted octanol–water partition coefficient (Wildman–Crippen LogP) is 3.38. The molecule has 1 N–H and O–H groups in total. The van der Waals surface area contributed by atoms with Gasteiger partial charge < -0.3 is 14.6 Å². The molecule has 3 nitrogen and oxygen atoms in total. The fourth-order valence-electron chi connectivity index (χ4n) is 2.69. The molecule has 1 aliphatic heterocycles. The number of benzene rings is 1. The van der Waals surface area contributed by atoms with Gasteiger partial charge in [-0.2, -0.15) is 0 Å². The summed E-state index contributed by atoms with van der Waals surface area (Å²) in [5.41, 5.74) is 1.56. The van der Waals surface area contributed by atoms with Crippen LogP contribution < -0.4 is 4.74 Å². The van der Waals surface area contributed by atoms with Crippen LogP contribution in [0.2, 0.25) is 5.02 Å². The summed E-state index contributed by atoms with van der Waals surface area (Å²) in [4.78, 5) is 0. The Bertz CT molecular complexity index is 475. The maximum Gasteiger partial charge on any atom is 0.126 e. The molecular weight excluding hydrogens is 276 g/mol. The molecule has 1 aromatic rings. The smallest absolute Gasteiger partial charge is 0.126 e. The summed E-state index contributed by atoms with van der Waals surface area (Å²) in [5, 5.41) is 11.3. The van der Waals surface area contributed by atoms with E-state index < -0.39 is 11.7 Å². The Hall–Kier alpha value is -0.770. The summed E-state index contributed by atoms with van der Waals surface area (Å²) in [7, 11) is 0. The molecule has 0 fully saturated rings. The molecule has 2 rings (SSSR count). The number of aliphatic hydroxyl groups excluding tert-OH is 1. The molecule has 4 heteroatoms. The zero-order valence-corrected chi connectivity index (χ0v) is 13.2. The lowest BCUT2D eigenvalue weighted by atomic mass is 9.90. The SMILES string of the molecule is CCOC(C)(CC)C(O)Cc1cc(Cl)cc2c1OCC2. The molecule has 1 aliphatic rings. The van der Waals surface area contributed by atoms with Gasteiger partial charge in [0, 0.05) is 24.5 Å². The fraction of sp³-hybridized carbons (Fsp3) is 0.625. The third-order valence-electron chi connectivity index (χ3n) is 4.12. The highest BCUT2D eigenvalue weighted by atomic mass is 35.5. The van der Waals surface area contributed by atoms with Gasteiger partial charge in [-0.3, -0.25) is 0 Å². The Morgan fingerprint density at radius 2 is 2.20 bits per heavy atom. The summed E-state index contributed by atoms with van der Waals surface area (Å²) in [6, 6.07) is 3.83. The van der Waals surface area contributed by atoms with Crippen molar-refractivity contribution in [3.05, 3.63) is 28.3 Å². The number of rotatable bonds is 6. The number of ether oxygens (including phenoxy) is 2. The maximum absolute atomic E-state index is 10.6. The van der Waals surface area contributed by atoms with Crippen LogP contribution in [-0.2, 0) is 17.6 Å². The van der Waals surface area contributed by atoms with Crippen molar-refractivity contribution in [2.24, 2.45) is 0 Å². The van der Waals surface area contributed by atoms with E-state index in [1.165, 1.54) is 0 Å². The molecular formula is C16H23ClO3. The maximum atomic E-state index is 10.6. The molecule has 0 saturated heterocycles. The predicted molar refractivity (Wildman–Crippen MR) is 80.7 cm³/mol. The van der Waals surface area contributed by atoms with Crippen LogP contribution >= 0.6 is 11.6 Å². The van der Waals surface area contributed by atoms with Gasteiger partial charge in [0.25, 0.3) is 0 Å². The summed E-state index contributed by atoms with van der Waals surface area (Å²) in [6.45, 7) is 7.20. The molecule has 0 spiro atoms. The van der Waals surface area contributed by atoms with Crippen molar-refractivity contribution in [1.82, 2.24) is 0 Å². The molecule has 0 saturated carbocycles. The van der Waals surface area contributed by atoms with Crippen LogP contribution in [0.5, 0.6) is 5.75 Å². The molecule has 20 heavy (non-hydrogen) atoms. The summed E-state index contributed by atoms with van der Waals surface area (Å²) in [6.07, 6.45) is 1.55. The Kier molecular flexibility index (Phi) is 4.95. The zero-order valence-electron chi connectivity index (χ0n) is 12.4. The first-order valence-electron chi connectivity index (χ1n) is 7.26. The van der Waals surface area contributed by atoms with Gasteiger partial charge in [0.05, 0.1) is 18.3 Å². The molecule has 0 radical (unpaired) electrons. The number of hydrogen-bond donors (Lipinski definition) is 1. The molecule has 0 amide bonds. The summed E-state index contributed by atoms with van der Waals surface area (Å²) in [5.74, 6) is 0.892. The van der Waals surface area contributed by atoms with Gasteiger partial charge in [0.15, 0.2) is 0 Å². The van der Waals surface area contributed by atoms with Crippen molar-refractivity contribution >= 4 is 11.6 Å². The number of fused-ring (bicyclic) bond motifs is 1. The van der Waals surface area contributed by atoms with Crippen LogP contribution in [-0.4, -0.2) is 30.0 Å². The van der Waals surface area contributed by atoms with E-state index in [1.807, 2.05) is 32.9 Å². The van der Waals surface area contributed by atoms with Gasteiger partial charge in [-0.05, 0) is 43.5 Å². The molecule has 0 aliphatic carbocycles. The van der Waals surface area contributed by atoms with Crippen molar-refractivity contribution in [3.8, 4) is 5.75 Å². The van der Waals surface area contributed by atoms with Gasteiger partial charge in [0.2, 0.25) is 0 Å². The molecule has 1 aromatic carbocycles. The first-order valence-corrected chi connectivity index (χ1v) is 7.64. The van der Waals surface area contributed by atoms with E-state index in [0.717, 1.165) is 29.7 Å². The van der Waals surface area contributed by atoms with E-state index in [2.05, 4.69) is 0 Å². The normalized spacial score (nSPS) is 18.2. The van der Waals surface area contributed by atoms with E-state index in [0.29, 0.717) is 24.7 Å². The van der Waals surface area contributed by atoms with E-state index in [9.17, 15) is 5.11 Å². The monoisotopic (exact) mass is 298 g/mol. The Morgan fingerprint density at radius 3 is 2.85 bits per heavy atom. The van der Waals surface area contributed by atoms with Crippen LogP contribution in [0.15, 0.2) is 12.1 Å². The molecule has 0 bridgehead atoms. The topological polar surface area (TPSA) is 38.7 Å². The van der Waals surface area contributed by atoms with Gasteiger partial charge in [-0.1, -0.05) is 18.5 Å². The molecule has 0 aromatic heterocycles. The van der Waals surface area contributed by atoms with E-state index in [-0.39, 0.29) is 0 Å². The number of aliphatic hydroxyl groups is 1. The quantitative estimate of drug-likeness (QED) is 0.875. The average Bonchev–Trinajstić information content (AvgIpc) is 2.86. The van der Waals surface area contributed by atoms with Crippen LogP contribution in [0.4, 0.5) is 0 Å². The summed E-state index contributed by atoms with van der Waals surface area (Å²) < 4.78 is 11.4. The van der Waals surface area contributed by atoms with Crippen molar-refractivity contribution in [1.29, 1.82) is 0 Å². The Morgan fingerprint density at radius 1 is 1.45 bits per heavy atom. The minimum Gasteiger partial charge on any atom is -0.493 e. The van der Waals surface area contributed by atoms with Crippen LogP contribution in [0.25, 0.3) is 0 Å². The third kappa shape index (κ3) is 3.11. The average molecular weight is 299 g/mol. The Balaban J connectivity index is 2.21. The second-order valence-corrected chi connectivity index (χ2v) is 5.91. The van der Waals surface area contributed by atoms with Crippen molar-refractivity contribution in [2.45, 2.75) is 51.7 Å². The van der Waals surface area contributed by atoms with E-state index in [4.69, 9.17) is 21.1 Å². The van der Waals surface area contributed by atoms with Crippen LogP contribution in [0.1, 0.15) is 38.3 Å². The highest BCUT2D eigenvalue weighted by molar-refractivity contribution is 6.30. The fourth-order valence-corrected chi connectivity index (χ4v) is 2.95. The van der Waals surface area contributed by atoms with Crippen LogP contribution in [0, 0.1) is 0 Å². The minimum atomic E-state index is -0.584. The lowest BCUT2D eigenvalue weighted by Crippen LogP contribution is -2.43. The van der Waals surface area contributed by atoms with E-state index >= 15 is 0 Å². The van der Waals surface area contributed by atoms with Gasteiger partial charge in [-0.15, -0.1) is 0 Å². The van der Waals surface area contributed by atoms with Gasteiger partial charge in [0.1, 0.15) is 5.75 Å². The first-order chi connectivity index (χ1) is 9.50. The molecule has 2 unspecified atom stereocenters. The Labute approximate surface area is 125 Å². The third-order valence-corrected chi connectivity index (χ3v) is 4.34. The summed E-state index contributed by atoms with van der Waals surface area (Å²) >= 11 is 6.15. The molecule has 2 atom stereocenters. The lowest BCUT2D eigenvalue weighted by Gasteiger charge is -2.33. The van der Waals surface area contributed by atoms with Gasteiger partial charge >= 0.3 is 0 Å². The number of halogens is 1. The van der Waals surface area contributed by atoms with Gasteiger partial charge in [-0.25, -0.2) is 0 Å². The second kappa shape index (κ2) is 6.33. The highest BCUT2D eigenvalue weighted by Gasteiger charge is 2.33. The second-order valence-electron chi connectivity index (χ2n) is 5.47. The van der Waals surface area contributed by atoms with Crippen molar-refractivity contribution in [3.63, 3.8) is 0 Å². The zero-order chi connectivity index (χ0) is 14.8. The van der Waals surface area contributed by atoms with E-state index in [1.54, 1.807) is 0 Å². The van der Waals surface area contributed by atoms with Crippen LogP contribution in [0.3, 0.4) is 0 Å². The standard InChI is InChI=1S/C16H23ClO3/c1-4-16(3,20-5-2)14(18)10-12-9-13(17)8-11-6-7-19-15(11)12/h8-9,14,18H,4-7,10H2,1-3H3. The molecule has 1 heterocycles. The minimum absolute atomic E-state index is 0.493. The highest BCUT2D eigenvalue weighted by Crippen LogP contribution is 2.35.